The molecular weight excluding hydrogens is 286 g/mol. The zero-order valence-electron chi connectivity index (χ0n) is 8.60. The Kier molecular flexibility index (Phi) is 3.98. The number of ether oxygens (including phenoxy) is 1. The standard InChI is InChI=1S/C12H12BrNOS/c13-10-6-7-16-12(10)11(14)8-15-9-4-2-1-3-5-9/h1-7,11H,8,14H2. The fourth-order valence-electron chi connectivity index (χ4n) is 1.35. The minimum atomic E-state index is -0.0884. The summed E-state index contributed by atoms with van der Waals surface area (Å²) < 4.78 is 6.66. The average molecular weight is 298 g/mol. The molecule has 2 N–H and O–H groups in total. The number of thiophene rings is 1. The van der Waals surface area contributed by atoms with Gasteiger partial charge in [0.1, 0.15) is 12.4 Å². The van der Waals surface area contributed by atoms with Gasteiger partial charge in [-0.1, -0.05) is 18.2 Å². The zero-order chi connectivity index (χ0) is 11.4. The predicted octanol–water partition coefficient (Wildman–Crippen LogP) is 3.59. The number of hydrogen-bond acceptors (Lipinski definition) is 3. The van der Waals surface area contributed by atoms with Gasteiger partial charge in [0.25, 0.3) is 0 Å². The highest BCUT2D eigenvalue weighted by atomic mass is 79.9. The first-order chi connectivity index (χ1) is 7.77. The first kappa shape index (κ1) is 11.6. The van der Waals surface area contributed by atoms with Gasteiger partial charge in [0.2, 0.25) is 0 Å². The number of benzene rings is 1. The fourth-order valence-corrected chi connectivity index (χ4v) is 3.00. The van der Waals surface area contributed by atoms with Gasteiger partial charge >= 0.3 is 0 Å². The Hall–Kier alpha value is -0.840. The van der Waals surface area contributed by atoms with Gasteiger partial charge in [-0.05, 0) is 39.5 Å². The second-order valence-electron chi connectivity index (χ2n) is 3.36. The van der Waals surface area contributed by atoms with E-state index >= 15 is 0 Å². The molecule has 0 spiro atoms. The first-order valence-electron chi connectivity index (χ1n) is 4.93. The van der Waals surface area contributed by atoms with Crippen molar-refractivity contribution < 1.29 is 4.74 Å². The van der Waals surface area contributed by atoms with Crippen molar-refractivity contribution in [2.45, 2.75) is 6.04 Å². The minimum Gasteiger partial charge on any atom is -0.492 e. The van der Waals surface area contributed by atoms with Crippen molar-refractivity contribution in [3.05, 3.63) is 51.1 Å². The van der Waals surface area contributed by atoms with E-state index in [4.69, 9.17) is 10.5 Å². The van der Waals surface area contributed by atoms with Crippen molar-refractivity contribution in [2.24, 2.45) is 5.73 Å². The van der Waals surface area contributed by atoms with Crippen molar-refractivity contribution in [2.75, 3.05) is 6.61 Å². The highest BCUT2D eigenvalue weighted by molar-refractivity contribution is 9.10. The van der Waals surface area contributed by atoms with Crippen molar-refractivity contribution in [1.82, 2.24) is 0 Å². The number of nitrogens with two attached hydrogens (primary N) is 1. The molecule has 1 heterocycles. The summed E-state index contributed by atoms with van der Waals surface area (Å²) >= 11 is 5.11. The second-order valence-corrected chi connectivity index (χ2v) is 5.17. The van der Waals surface area contributed by atoms with Crippen LogP contribution in [0.4, 0.5) is 0 Å². The van der Waals surface area contributed by atoms with Crippen molar-refractivity contribution in [3.8, 4) is 5.75 Å². The molecule has 4 heteroatoms. The molecule has 1 atom stereocenters. The van der Waals surface area contributed by atoms with Crippen LogP contribution in [0.5, 0.6) is 5.75 Å². The van der Waals surface area contributed by atoms with E-state index in [1.807, 2.05) is 41.8 Å². The molecule has 0 radical (unpaired) electrons. The summed E-state index contributed by atoms with van der Waals surface area (Å²) in [6, 6.07) is 11.6. The van der Waals surface area contributed by atoms with Gasteiger partial charge < -0.3 is 10.5 Å². The molecule has 1 aromatic carbocycles. The topological polar surface area (TPSA) is 35.2 Å². The highest BCUT2D eigenvalue weighted by Gasteiger charge is 2.11. The Balaban J connectivity index is 1.94. The smallest absolute Gasteiger partial charge is 0.119 e. The summed E-state index contributed by atoms with van der Waals surface area (Å²) in [6.45, 7) is 0.489. The predicted molar refractivity (Wildman–Crippen MR) is 70.9 cm³/mol. The van der Waals surface area contributed by atoms with Crippen LogP contribution < -0.4 is 10.5 Å². The van der Waals surface area contributed by atoms with E-state index in [2.05, 4.69) is 15.9 Å². The minimum absolute atomic E-state index is 0.0884. The van der Waals surface area contributed by atoms with Gasteiger partial charge in [0, 0.05) is 9.35 Å². The molecule has 0 bridgehead atoms. The van der Waals surface area contributed by atoms with Crippen LogP contribution in [0.15, 0.2) is 46.3 Å². The lowest BCUT2D eigenvalue weighted by atomic mass is 10.3. The molecule has 2 rings (SSSR count). The maximum Gasteiger partial charge on any atom is 0.119 e. The Bertz CT molecular complexity index is 443. The lowest BCUT2D eigenvalue weighted by molar-refractivity contribution is 0.292. The van der Waals surface area contributed by atoms with Crippen LogP contribution >= 0.6 is 27.3 Å². The van der Waals surface area contributed by atoms with Crippen molar-refractivity contribution in [1.29, 1.82) is 0 Å². The van der Waals surface area contributed by atoms with Gasteiger partial charge in [-0.15, -0.1) is 11.3 Å². The lowest BCUT2D eigenvalue weighted by Crippen LogP contribution is -2.18. The number of hydrogen-bond donors (Lipinski definition) is 1. The van der Waals surface area contributed by atoms with Crippen LogP contribution in [-0.4, -0.2) is 6.61 Å². The van der Waals surface area contributed by atoms with E-state index in [0.29, 0.717) is 6.61 Å². The second kappa shape index (κ2) is 5.48. The summed E-state index contributed by atoms with van der Waals surface area (Å²) in [6.07, 6.45) is 0. The SMILES string of the molecule is NC(COc1ccccc1)c1sccc1Br. The molecule has 0 aliphatic rings. The first-order valence-corrected chi connectivity index (χ1v) is 6.61. The molecule has 1 unspecified atom stereocenters. The lowest BCUT2D eigenvalue weighted by Gasteiger charge is -2.12. The summed E-state index contributed by atoms with van der Waals surface area (Å²) in [5, 5.41) is 2.02. The maximum absolute atomic E-state index is 6.04. The van der Waals surface area contributed by atoms with Crippen LogP contribution in [0.1, 0.15) is 10.9 Å². The maximum atomic E-state index is 6.04. The summed E-state index contributed by atoms with van der Waals surface area (Å²) in [7, 11) is 0. The zero-order valence-corrected chi connectivity index (χ0v) is 11.0. The quantitative estimate of drug-likeness (QED) is 0.936. The van der Waals surface area contributed by atoms with Crippen molar-refractivity contribution >= 4 is 27.3 Å². The molecule has 16 heavy (non-hydrogen) atoms. The molecule has 0 amide bonds. The van der Waals surface area contributed by atoms with Crippen LogP contribution in [0.25, 0.3) is 0 Å². The molecule has 0 aliphatic heterocycles. The monoisotopic (exact) mass is 297 g/mol. The van der Waals surface area contributed by atoms with Gasteiger partial charge in [0.05, 0.1) is 6.04 Å². The van der Waals surface area contributed by atoms with E-state index in [9.17, 15) is 0 Å². The van der Waals surface area contributed by atoms with Crippen LogP contribution in [0.2, 0.25) is 0 Å². The van der Waals surface area contributed by atoms with Crippen molar-refractivity contribution in [3.63, 3.8) is 0 Å². The summed E-state index contributed by atoms with van der Waals surface area (Å²) in [5.74, 6) is 0.852. The molecule has 0 saturated heterocycles. The molecule has 1 aromatic heterocycles. The molecule has 84 valence electrons. The normalized spacial score (nSPS) is 12.4. The third-order valence-electron chi connectivity index (χ3n) is 2.15. The highest BCUT2D eigenvalue weighted by Crippen LogP contribution is 2.28. The third kappa shape index (κ3) is 2.84. The Morgan fingerprint density at radius 2 is 2.00 bits per heavy atom. The molecular formula is C12H12BrNOS. The van der Waals surface area contributed by atoms with E-state index in [-0.39, 0.29) is 6.04 Å². The van der Waals surface area contributed by atoms with Gasteiger partial charge in [0.15, 0.2) is 0 Å². The Labute approximate surface area is 107 Å². The molecule has 0 saturated carbocycles. The van der Waals surface area contributed by atoms with E-state index < -0.39 is 0 Å². The fraction of sp³-hybridized carbons (Fsp3) is 0.167. The Morgan fingerprint density at radius 3 is 2.62 bits per heavy atom. The molecule has 2 aromatic rings. The third-order valence-corrected chi connectivity index (χ3v) is 4.16. The summed E-state index contributed by atoms with van der Waals surface area (Å²) in [5.41, 5.74) is 6.04. The Morgan fingerprint density at radius 1 is 1.25 bits per heavy atom. The van der Waals surface area contributed by atoms with E-state index in [1.165, 1.54) is 0 Å². The van der Waals surface area contributed by atoms with Crippen LogP contribution in [0.3, 0.4) is 0 Å². The van der Waals surface area contributed by atoms with Gasteiger partial charge in [-0.25, -0.2) is 0 Å². The molecule has 0 fully saturated rings. The van der Waals surface area contributed by atoms with Crippen LogP contribution in [0, 0.1) is 0 Å². The number of para-hydroxylation sites is 1. The largest absolute Gasteiger partial charge is 0.492 e. The van der Waals surface area contributed by atoms with E-state index in [0.717, 1.165) is 15.1 Å². The number of rotatable bonds is 4. The average Bonchev–Trinajstić information content (AvgIpc) is 2.74. The van der Waals surface area contributed by atoms with E-state index in [1.54, 1.807) is 11.3 Å². The van der Waals surface area contributed by atoms with Gasteiger partial charge in [-0.2, -0.15) is 0 Å². The molecule has 0 aliphatic carbocycles. The van der Waals surface area contributed by atoms with Gasteiger partial charge in [-0.3, -0.25) is 0 Å². The molecule has 2 nitrogen and oxygen atoms in total. The summed E-state index contributed by atoms with van der Waals surface area (Å²) in [4.78, 5) is 1.12. The van der Waals surface area contributed by atoms with Crippen LogP contribution in [-0.2, 0) is 0 Å². The number of halogens is 1.